The molecule has 1 aromatic carbocycles. The fourth-order valence-corrected chi connectivity index (χ4v) is 1.89. The van der Waals surface area contributed by atoms with Crippen molar-refractivity contribution in [2.45, 2.75) is 27.4 Å². The number of aliphatic hydroxyl groups is 1. The van der Waals surface area contributed by atoms with Crippen LogP contribution in [0.2, 0.25) is 0 Å². The van der Waals surface area contributed by atoms with Crippen LogP contribution >= 0.6 is 0 Å². The molecule has 2 aromatic rings. The Bertz CT molecular complexity index is 495. The number of nitrogens with zero attached hydrogens (tertiary/aromatic N) is 4. The number of tetrazole rings is 1. The van der Waals surface area contributed by atoms with Crippen molar-refractivity contribution < 1.29 is 5.11 Å². The van der Waals surface area contributed by atoms with Crippen LogP contribution in [-0.4, -0.2) is 25.3 Å². The van der Waals surface area contributed by atoms with E-state index in [4.69, 9.17) is 5.11 Å². The van der Waals surface area contributed by atoms with Crippen molar-refractivity contribution in [1.82, 2.24) is 20.2 Å². The third-order valence-corrected chi connectivity index (χ3v) is 2.43. The van der Waals surface area contributed by atoms with Crippen LogP contribution in [0.1, 0.15) is 22.5 Å². The zero-order valence-electron chi connectivity index (χ0n) is 9.60. The van der Waals surface area contributed by atoms with Gasteiger partial charge in [0, 0.05) is 0 Å². The first-order chi connectivity index (χ1) is 7.61. The van der Waals surface area contributed by atoms with E-state index in [1.165, 1.54) is 10.4 Å². The van der Waals surface area contributed by atoms with E-state index < -0.39 is 0 Å². The summed E-state index contributed by atoms with van der Waals surface area (Å²) in [5.41, 5.74) is 4.33. The molecule has 0 radical (unpaired) electrons. The van der Waals surface area contributed by atoms with Gasteiger partial charge in [0.25, 0.3) is 0 Å². The Morgan fingerprint density at radius 2 is 1.81 bits per heavy atom. The summed E-state index contributed by atoms with van der Waals surface area (Å²) in [4.78, 5) is 1.47. The maximum absolute atomic E-state index is 8.90. The maximum Gasteiger partial charge on any atom is 0.200 e. The predicted molar refractivity (Wildman–Crippen MR) is 59.3 cm³/mol. The summed E-state index contributed by atoms with van der Waals surface area (Å²) < 4.78 is 0. The second kappa shape index (κ2) is 4.02. The zero-order chi connectivity index (χ0) is 11.7. The summed E-state index contributed by atoms with van der Waals surface area (Å²) in [6, 6.07) is 4.15. The van der Waals surface area contributed by atoms with Gasteiger partial charge in [-0.15, -0.1) is 15.0 Å². The van der Waals surface area contributed by atoms with Gasteiger partial charge in [-0.3, -0.25) is 0 Å². The lowest BCUT2D eigenvalue weighted by atomic mass is 10.1. The molecule has 5 nitrogen and oxygen atoms in total. The minimum Gasteiger partial charge on any atom is -0.388 e. The maximum atomic E-state index is 8.90. The largest absolute Gasteiger partial charge is 0.388 e. The van der Waals surface area contributed by atoms with Crippen molar-refractivity contribution in [3.05, 3.63) is 34.6 Å². The number of aromatic nitrogens is 4. The molecule has 5 heteroatoms. The molecule has 0 unspecified atom stereocenters. The van der Waals surface area contributed by atoms with Gasteiger partial charge in [0.2, 0.25) is 5.82 Å². The Balaban J connectivity index is 2.55. The molecule has 0 aliphatic heterocycles. The van der Waals surface area contributed by atoms with E-state index in [1.807, 2.05) is 13.8 Å². The summed E-state index contributed by atoms with van der Waals surface area (Å²) >= 11 is 0. The highest BCUT2D eigenvalue weighted by molar-refractivity contribution is 5.47. The molecule has 0 saturated carbocycles. The molecule has 84 valence electrons. The third-order valence-electron chi connectivity index (χ3n) is 2.43. The van der Waals surface area contributed by atoms with E-state index in [1.54, 1.807) is 0 Å². The van der Waals surface area contributed by atoms with Gasteiger partial charge in [0.15, 0.2) is 0 Å². The number of hydrogen-bond acceptors (Lipinski definition) is 4. The van der Waals surface area contributed by atoms with Crippen molar-refractivity contribution in [2.75, 3.05) is 0 Å². The molecule has 16 heavy (non-hydrogen) atoms. The van der Waals surface area contributed by atoms with Crippen LogP contribution in [0.5, 0.6) is 0 Å². The van der Waals surface area contributed by atoms with E-state index in [-0.39, 0.29) is 6.61 Å². The fraction of sp³-hybridized carbons (Fsp3) is 0.364. The van der Waals surface area contributed by atoms with Crippen LogP contribution < -0.4 is 0 Å². The second-order valence-corrected chi connectivity index (χ2v) is 3.90. The summed E-state index contributed by atoms with van der Waals surface area (Å²) in [5.74, 6) is 0.333. The van der Waals surface area contributed by atoms with E-state index in [9.17, 15) is 0 Å². The molecule has 0 aliphatic carbocycles. The molecule has 1 aromatic heterocycles. The SMILES string of the molecule is Cc1cc(C)c(-n2nnc(CO)n2)c(C)c1. The number of hydrogen-bond donors (Lipinski definition) is 1. The van der Waals surface area contributed by atoms with Crippen LogP contribution in [0.25, 0.3) is 5.69 Å². The molecule has 1 heterocycles. The van der Waals surface area contributed by atoms with Gasteiger partial charge in [0.1, 0.15) is 6.61 Å². The van der Waals surface area contributed by atoms with Gasteiger partial charge in [0.05, 0.1) is 5.69 Å². The lowest BCUT2D eigenvalue weighted by Crippen LogP contribution is -2.05. The van der Waals surface area contributed by atoms with Gasteiger partial charge < -0.3 is 5.11 Å². The van der Waals surface area contributed by atoms with Crippen molar-refractivity contribution in [3.8, 4) is 5.69 Å². The molecule has 0 aliphatic rings. The van der Waals surface area contributed by atoms with Crippen LogP contribution in [0.15, 0.2) is 12.1 Å². The number of aryl methyl sites for hydroxylation is 3. The normalized spacial score (nSPS) is 10.8. The van der Waals surface area contributed by atoms with Crippen LogP contribution in [0, 0.1) is 20.8 Å². The van der Waals surface area contributed by atoms with Crippen LogP contribution in [0.3, 0.4) is 0 Å². The smallest absolute Gasteiger partial charge is 0.200 e. The first-order valence-electron chi connectivity index (χ1n) is 5.10. The number of rotatable bonds is 2. The first kappa shape index (κ1) is 10.8. The highest BCUT2D eigenvalue weighted by atomic mass is 16.3. The summed E-state index contributed by atoms with van der Waals surface area (Å²) in [6.07, 6.45) is 0. The van der Waals surface area contributed by atoms with Crippen molar-refractivity contribution in [1.29, 1.82) is 0 Å². The summed E-state index contributed by atoms with van der Waals surface area (Å²) in [7, 11) is 0. The van der Waals surface area contributed by atoms with Gasteiger partial charge in [-0.25, -0.2) is 0 Å². The van der Waals surface area contributed by atoms with Crippen molar-refractivity contribution in [2.24, 2.45) is 0 Å². The molecule has 0 atom stereocenters. The second-order valence-electron chi connectivity index (χ2n) is 3.90. The number of aliphatic hydroxyl groups excluding tert-OH is 1. The Morgan fingerprint density at radius 3 is 2.31 bits per heavy atom. The van der Waals surface area contributed by atoms with Gasteiger partial charge in [-0.2, -0.15) is 0 Å². The van der Waals surface area contributed by atoms with Gasteiger partial charge in [-0.05, 0) is 37.1 Å². The summed E-state index contributed by atoms with van der Waals surface area (Å²) in [6.45, 7) is 5.89. The lowest BCUT2D eigenvalue weighted by molar-refractivity contribution is 0.271. The molecular formula is C11H14N4O. The summed E-state index contributed by atoms with van der Waals surface area (Å²) in [5, 5.41) is 20.7. The molecule has 0 amide bonds. The quantitative estimate of drug-likeness (QED) is 0.819. The number of benzene rings is 1. The molecule has 0 fully saturated rings. The Labute approximate surface area is 93.7 Å². The average molecular weight is 218 g/mol. The monoisotopic (exact) mass is 218 g/mol. The average Bonchev–Trinajstić information content (AvgIpc) is 2.64. The Kier molecular flexibility index (Phi) is 2.70. The first-order valence-corrected chi connectivity index (χ1v) is 5.10. The molecule has 1 N–H and O–H groups in total. The highest BCUT2D eigenvalue weighted by Crippen LogP contribution is 2.18. The van der Waals surface area contributed by atoms with Gasteiger partial charge >= 0.3 is 0 Å². The van der Waals surface area contributed by atoms with Crippen LogP contribution in [0.4, 0.5) is 0 Å². The Hall–Kier alpha value is -1.75. The fourth-order valence-electron chi connectivity index (χ4n) is 1.89. The minimum absolute atomic E-state index is 0.191. The Morgan fingerprint density at radius 1 is 1.19 bits per heavy atom. The van der Waals surface area contributed by atoms with Gasteiger partial charge in [-0.1, -0.05) is 17.7 Å². The standard InChI is InChI=1S/C11H14N4O/c1-7-4-8(2)11(9(3)5-7)15-13-10(6-16)12-14-15/h4-5,16H,6H2,1-3H3. The zero-order valence-corrected chi connectivity index (χ0v) is 9.60. The molecule has 0 spiro atoms. The predicted octanol–water partition coefficient (Wildman–Crippen LogP) is 1.08. The molecule has 2 rings (SSSR count). The topological polar surface area (TPSA) is 63.8 Å². The van der Waals surface area contributed by atoms with Crippen molar-refractivity contribution >= 4 is 0 Å². The van der Waals surface area contributed by atoms with E-state index >= 15 is 0 Å². The van der Waals surface area contributed by atoms with E-state index in [2.05, 4.69) is 34.5 Å². The molecule has 0 saturated heterocycles. The molecular weight excluding hydrogens is 204 g/mol. The van der Waals surface area contributed by atoms with Crippen LogP contribution in [-0.2, 0) is 6.61 Å². The van der Waals surface area contributed by atoms with E-state index in [0.29, 0.717) is 5.82 Å². The third kappa shape index (κ3) is 1.81. The minimum atomic E-state index is -0.191. The molecule has 0 bridgehead atoms. The lowest BCUT2D eigenvalue weighted by Gasteiger charge is -2.08. The van der Waals surface area contributed by atoms with E-state index in [0.717, 1.165) is 16.8 Å². The highest BCUT2D eigenvalue weighted by Gasteiger charge is 2.09. The van der Waals surface area contributed by atoms with Crippen molar-refractivity contribution in [3.63, 3.8) is 0 Å².